The molecule has 1 rings (SSSR count). The van der Waals surface area contributed by atoms with E-state index in [-0.39, 0.29) is 6.42 Å². The summed E-state index contributed by atoms with van der Waals surface area (Å²) in [5.74, 6) is -4.54. The Balaban J connectivity index is 3.30. The van der Waals surface area contributed by atoms with Crippen molar-refractivity contribution in [3.05, 3.63) is 33.7 Å². The summed E-state index contributed by atoms with van der Waals surface area (Å²) in [4.78, 5) is 49.0. The molecule has 13 nitrogen and oxygen atoms in total. The monoisotopic (exact) mass is 639 g/mol. The lowest BCUT2D eigenvalue weighted by atomic mass is 10.0. The SMILES string of the molecule is CC/C(C)=C/C(NC(=O)[C@H](CCC(=O)O)NS(=O)(=O)C1CC=C(C)CC1)C(=O)N[C@H](/C=C(\Cl)S(C)(=O)=O)CC(=O)O. The average molecular weight is 640 g/mol. The van der Waals surface area contributed by atoms with E-state index in [4.69, 9.17) is 16.7 Å². The van der Waals surface area contributed by atoms with E-state index in [9.17, 15) is 41.1 Å². The van der Waals surface area contributed by atoms with Crippen molar-refractivity contribution in [2.75, 3.05) is 6.26 Å². The molecule has 4 atom stereocenters. The third-order valence-corrected chi connectivity index (χ3v) is 10.0. The lowest BCUT2D eigenvalue weighted by molar-refractivity contribution is -0.139. The molecule has 41 heavy (non-hydrogen) atoms. The Morgan fingerprint density at radius 3 is 2.20 bits per heavy atom. The largest absolute Gasteiger partial charge is 0.481 e. The molecule has 2 amide bonds. The number of aliphatic carboxylic acids is 2. The quantitative estimate of drug-likeness (QED) is 0.154. The number of rotatable bonds is 16. The lowest BCUT2D eigenvalue weighted by Gasteiger charge is -2.26. The van der Waals surface area contributed by atoms with Crippen molar-refractivity contribution in [2.24, 2.45) is 0 Å². The Hall–Kier alpha value is -2.75. The van der Waals surface area contributed by atoms with E-state index >= 15 is 0 Å². The Labute approximate surface area is 245 Å². The molecular formula is C25H38ClN3O10S2. The second-order valence-corrected chi connectivity index (χ2v) is 14.5. The van der Waals surface area contributed by atoms with Crippen molar-refractivity contribution < 1.29 is 46.2 Å². The molecular weight excluding hydrogens is 602 g/mol. The molecule has 0 aromatic heterocycles. The highest BCUT2D eigenvalue weighted by molar-refractivity contribution is 7.96. The fourth-order valence-electron chi connectivity index (χ4n) is 3.76. The van der Waals surface area contributed by atoms with Gasteiger partial charge in [-0.2, -0.15) is 0 Å². The molecule has 1 aliphatic rings. The van der Waals surface area contributed by atoms with Crippen LogP contribution < -0.4 is 15.4 Å². The van der Waals surface area contributed by atoms with Gasteiger partial charge in [0, 0.05) is 12.7 Å². The zero-order chi connectivity index (χ0) is 31.5. The van der Waals surface area contributed by atoms with E-state index in [1.165, 1.54) is 6.08 Å². The Bertz CT molecular complexity index is 1310. The molecule has 0 heterocycles. The van der Waals surface area contributed by atoms with Gasteiger partial charge in [-0.3, -0.25) is 19.2 Å². The van der Waals surface area contributed by atoms with Crippen molar-refractivity contribution in [1.29, 1.82) is 0 Å². The third kappa shape index (κ3) is 13.2. The van der Waals surface area contributed by atoms with Crippen LogP contribution in [0.4, 0.5) is 0 Å². The van der Waals surface area contributed by atoms with Gasteiger partial charge < -0.3 is 20.8 Å². The van der Waals surface area contributed by atoms with Gasteiger partial charge in [0.2, 0.25) is 21.8 Å². The number of hydrogen-bond acceptors (Lipinski definition) is 8. The van der Waals surface area contributed by atoms with Crippen LogP contribution in [-0.4, -0.2) is 80.4 Å². The Morgan fingerprint density at radius 2 is 1.71 bits per heavy atom. The fourth-order valence-corrected chi connectivity index (χ4v) is 5.92. The number of carboxylic acid groups (broad SMARTS) is 2. The van der Waals surface area contributed by atoms with Crippen molar-refractivity contribution in [1.82, 2.24) is 15.4 Å². The predicted octanol–water partition coefficient (Wildman–Crippen LogP) is 1.56. The summed E-state index contributed by atoms with van der Waals surface area (Å²) in [5, 5.41) is 22.3. The normalized spacial score (nSPS) is 19.0. The Morgan fingerprint density at radius 1 is 1.07 bits per heavy atom. The molecule has 0 fully saturated rings. The number of halogens is 1. The molecule has 0 aromatic carbocycles. The van der Waals surface area contributed by atoms with E-state index in [0.29, 0.717) is 24.8 Å². The van der Waals surface area contributed by atoms with Crippen LogP contribution in [0.15, 0.2) is 33.7 Å². The highest BCUT2D eigenvalue weighted by atomic mass is 35.5. The number of hydrogen-bond donors (Lipinski definition) is 5. The molecule has 16 heteroatoms. The summed E-state index contributed by atoms with van der Waals surface area (Å²) in [5.41, 5.74) is 1.68. The van der Waals surface area contributed by atoms with Crippen molar-refractivity contribution in [2.45, 2.75) is 89.1 Å². The number of allylic oxidation sites excluding steroid dienone is 3. The summed E-state index contributed by atoms with van der Waals surface area (Å²) in [6.45, 7) is 5.31. The first-order chi connectivity index (χ1) is 18.8. The van der Waals surface area contributed by atoms with Gasteiger partial charge in [-0.1, -0.05) is 41.8 Å². The zero-order valence-corrected chi connectivity index (χ0v) is 25.7. The van der Waals surface area contributed by atoms with E-state index in [0.717, 1.165) is 17.9 Å². The minimum absolute atomic E-state index is 0.229. The maximum Gasteiger partial charge on any atom is 0.305 e. The van der Waals surface area contributed by atoms with Crippen LogP contribution in [0.25, 0.3) is 0 Å². The van der Waals surface area contributed by atoms with Gasteiger partial charge in [-0.15, -0.1) is 0 Å². The molecule has 0 saturated carbocycles. The third-order valence-electron chi connectivity index (χ3n) is 6.30. The van der Waals surface area contributed by atoms with Gasteiger partial charge >= 0.3 is 11.9 Å². The van der Waals surface area contributed by atoms with Gasteiger partial charge in [-0.05, 0) is 52.0 Å². The van der Waals surface area contributed by atoms with Gasteiger partial charge in [-0.25, -0.2) is 21.6 Å². The van der Waals surface area contributed by atoms with Gasteiger partial charge in [0.1, 0.15) is 16.4 Å². The van der Waals surface area contributed by atoms with Crippen LogP contribution in [0.3, 0.4) is 0 Å². The molecule has 1 aliphatic carbocycles. The van der Waals surface area contributed by atoms with E-state index in [1.807, 2.05) is 6.92 Å². The molecule has 232 valence electrons. The number of carbonyl (C=O) groups excluding carboxylic acids is 2. The number of carbonyl (C=O) groups is 4. The molecule has 2 unspecified atom stereocenters. The van der Waals surface area contributed by atoms with E-state index in [1.54, 1.807) is 19.9 Å². The topological polar surface area (TPSA) is 213 Å². The minimum Gasteiger partial charge on any atom is -0.481 e. The van der Waals surface area contributed by atoms with Crippen molar-refractivity contribution in [3.8, 4) is 0 Å². The number of sulfone groups is 1. The standard InChI is InChI=1S/C25H38ClN3O10S2/c1-5-15(2)12-20(25(35)27-17(14-23(32)33)13-21(26)40(4,36)37)28-24(34)19(10-11-22(30)31)29-41(38,39)18-8-6-16(3)7-9-18/h6,12-13,17-20,29H,5,7-11,14H2,1-4H3,(H,27,35)(H,28,34)(H,30,31)(H,32,33)/b15-12+,21-13+/t17-,18?,19+,20?/m1/s1. The summed E-state index contributed by atoms with van der Waals surface area (Å²) in [6.07, 6.45) is 4.69. The van der Waals surface area contributed by atoms with Crippen LogP contribution >= 0.6 is 11.6 Å². The summed E-state index contributed by atoms with van der Waals surface area (Å²) >= 11 is 5.76. The van der Waals surface area contributed by atoms with Crippen molar-refractivity contribution >= 4 is 55.2 Å². The predicted molar refractivity (Wildman–Crippen MR) is 153 cm³/mol. The van der Waals surface area contributed by atoms with Gasteiger partial charge in [0.25, 0.3) is 0 Å². The highest BCUT2D eigenvalue weighted by Gasteiger charge is 2.33. The maximum atomic E-state index is 13.3. The van der Waals surface area contributed by atoms with Crippen LogP contribution in [0, 0.1) is 0 Å². The number of sulfonamides is 1. The molecule has 5 N–H and O–H groups in total. The first-order valence-electron chi connectivity index (χ1n) is 12.8. The molecule has 0 saturated heterocycles. The van der Waals surface area contributed by atoms with Crippen LogP contribution in [0.1, 0.15) is 65.7 Å². The zero-order valence-electron chi connectivity index (χ0n) is 23.3. The smallest absolute Gasteiger partial charge is 0.305 e. The Kier molecular flexibility index (Phi) is 14.2. The number of carboxylic acids is 2. The average Bonchev–Trinajstić information content (AvgIpc) is 2.84. The van der Waals surface area contributed by atoms with Gasteiger partial charge in [0.05, 0.1) is 17.7 Å². The van der Waals surface area contributed by atoms with Gasteiger partial charge in [0.15, 0.2) is 9.84 Å². The summed E-state index contributed by atoms with van der Waals surface area (Å²) in [6, 6.07) is -4.34. The number of nitrogens with one attached hydrogen (secondary N) is 3. The maximum absolute atomic E-state index is 13.3. The molecule has 0 spiro atoms. The van der Waals surface area contributed by atoms with Crippen LogP contribution in [-0.2, 0) is 39.0 Å². The summed E-state index contributed by atoms with van der Waals surface area (Å²) < 4.78 is 51.1. The van der Waals surface area contributed by atoms with Crippen molar-refractivity contribution in [3.63, 3.8) is 0 Å². The van der Waals surface area contributed by atoms with Crippen LogP contribution in [0.2, 0.25) is 0 Å². The van der Waals surface area contributed by atoms with Crippen LogP contribution in [0.5, 0.6) is 0 Å². The first-order valence-corrected chi connectivity index (χ1v) is 16.6. The molecule has 0 radical (unpaired) electrons. The molecule has 0 aromatic rings. The summed E-state index contributed by atoms with van der Waals surface area (Å²) in [7, 11) is -7.95. The first kappa shape index (κ1) is 36.3. The lowest BCUT2D eigenvalue weighted by Crippen LogP contribution is -2.55. The van der Waals surface area contributed by atoms with E-state index in [2.05, 4.69) is 15.4 Å². The minimum atomic E-state index is -4.05. The second-order valence-electron chi connectivity index (χ2n) is 9.90. The van der Waals surface area contributed by atoms with E-state index < -0.39 is 90.6 Å². The number of amides is 2. The second kappa shape index (κ2) is 16.0. The highest BCUT2D eigenvalue weighted by Crippen LogP contribution is 2.23. The fraction of sp³-hybridized carbons (Fsp3) is 0.600. The molecule has 0 aliphatic heterocycles. The molecule has 0 bridgehead atoms.